The van der Waals surface area contributed by atoms with Crippen LogP contribution in [-0.2, 0) is 13.0 Å². The SMILES string of the molecule is CCNC1CCc2cc(OCc3ccc(Br)cc3)ccc21. The Bertz CT molecular complexity index is 609. The fourth-order valence-corrected chi connectivity index (χ4v) is 3.15. The molecule has 0 spiro atoms. The first-order chi connectivity index (χ1) is 10.3. The van der Waals surface area contributed by atoms with Crippen molar-refractivity contribution >= 4 is 15.9 Å². The summed E-state index contributed by atoms with van der Waals surface area (Å²) in [6, 6.07) is 15.3. The second-order valence-electron chi connectivity index (χ2n) is 5.42. The van der Waals surface area contributed by atoms with Gasteiger partial charge in [0.1, 0.15) is 12.4 Å². The van der Waals surface area contributed by atoms with Gasteiger partial charge in [-0.15, -0.1) is 0 Å². The molecule has 2 aromatic rings. The lowest BCUT2D eigenvalue weighted by molar-refractivity contribution is 0.306. The Morgan fingerprint density at radius 1 is 1.19 bits per heavy atom. The van der Waals surface area contributed by atoms with Gasteiger partial charge in [0.15, 0.2) is 0 Å². The molecule has 0 fully saturated rings. The summed E-state index contributed by atoms with van der Waals surface area (Å²) in [5, 5.41) is 3.54. The highest BCUT2D eigenvalue weighted by molar-refractivity contribution is 9.10. The number of ether oxygens (including phenoxy) is 1. The van der Waals surface area contributed by atoms with Gasteiger partial charge in [0, 0.05) is 10.5 Å². The summed E-state index contributed by atoms with van der Waals surface area (Å²) >= 11 is 3.45. The zero-order chi connectivity index (χ0) is 14.7. The van der Waals surface area contributed by atoms with Crippen molar-refractivity contribution in [3.05, 3.63) is 63.6 Å². The molecule has 1 N–H and O–H groups in total. The number of benzene rings is 2. The third-order valence-corrected chi connectivity index (χ3v) is 4.49. The van der Waals surface area contributed by atoms with Gasteiger partial charge in [0.05, 0.1) is 0 Å². The molecule has 2 aromatic carbocycles. The molecular weight excluding hydrogens is 326 g/mol. The van der Waals surface area contributed by atoms with Gasteiger partial charge in [0.2, 0.25) is 0 Å². The zero-order valence-electron chi connectivity index (χ0n) is 12.2. The number of halogens is 1. The van der Waals surface area contributed by atoms with Gasteiger partial charge in [-0.3, -0.25) is 0 Å². The van der Waals surface area contributed by atoms with Crippen LogP contribution in [0.4, 0.5) is 0 Å². The van der Waals surface area contributed by atoms with Gasteiger partial charge in [-0.2, -0.15) is 0 Å². The molecule has 110 valence electrons. The maximum absolute atomic E-state index is 5.92. The van der Waals surface area contributed by atoms with Crippen LogP contribution in [0.1, 0.15) is 36.1 Å². The van der Waals surface area contributed by atoms with E-state index in [0.29, 0.717) is 12.6 Å². The van der Waals surface area contributed by atoms with E-state index in [1.807, 2.05) is 12.1 Å². The predicted octanol–water partition coefficient (Wildman–Crippen LogP) is 4.62. The zero-order valence-corrected chi connectivity index (χ0v) is 13.8. The number of aryl methyl sites for hydroxylation is 1. The summed E-state index contributed by atoms with van der Waals surface area (Å²) in [7, 11) is 0. The van der Waals surface area contributed by atoms with Crippen molar-refractivity contribution < 1.29 is 4.74 Å². The summed E-state index contributed by atoms with van der Waals surface area (Å²) in [5.74, 6) is 0.966. The molecule has 1 unspecified atom stereocenters. The minimum absolute atomic E-state index is 0.519. The van der Waals surface area contributed by atoms with Gasteiger partial charge in [-0.05, 0) is 60.3 Å². The smallest absolute Gasteiger partial charge is 0.120 e. The van der Waals surface area contributed by atoms with Crippen molar-refractivity contribution in [2.75, 3.05) is 6.54 Å². The molecule has 0 saturated carbocycles. The molecule has 1 atom stereocenters. The first-order valence-electron chi connectivity index (χ1n) is 7.49. The topological polar surface area (TPSA) is 21.3 Å². The molecule has 0 saturated heterocycles. The normalized spacial score (nSPS) is 16.8. The quantitative estimate of drug-likeness (QED) is 0.853. The molecule has 0 amide bonds. The molecule has 0 aliphatic heterocycles. The second-order valence-corrected chi connectivity index (χ2v) is 6.34. The van der Waals surface area contributed by atoms with Crippen LogP contribution in [0.15, 0.2) is 46.9 Å². The summed E-state index contributed by atoms with van der Waals surface area (Å²) in [6.07, 6.45) is 2.34. The third-order valence-electron chi connectivity index (χ3n) is 3.96. The summed E-state index contributed by atoms with van der Waals surface area (Å²) in [6.45, 7) is 3.79. The lowest BCUT2D eigenvalue weighted by atomic mass is 10.1. The molecule has 3 rings (SSSR count). The number of hydrogen-bond donors (Lipinski definition) is 1. The molecule has 3 heteroatoms. The Kier molecular flexibility index (Phi) is 4.61. The molecule has 1 aliphatic carbocycles. The lowest BCUT2D eigenvalue weighted by Gasteiger charge is -2.13. The van der Waals surface area contributed by atoms with Gasteiger partial charge in [0.25, 0.3) is 0 Å². The van der Waals surface area contributed by atoms with Crippen molar-refractivity contribution in [3.8, 4) is 5.75 Å². The van der Waals surface area contributed by atoms with Gasteiger partial charge in [-0.25, -0.2) is 0 Å². The van der Waals surface area contributed by atoms with E-state index in [2.05, 4.69) is 58.5 Å². The average molecular weight is 346 g/mol. The van der Waals surface area contributed by atoms with Gasteiger partial charge >= 0.3 is 0 Å². The van der Waals surface area contributed by atoms with Crippen LogP contribution in [0.25, 0.3) is 0 Å². The van der Waals surface area contributed by atoms with Crippen LogP contribution in [0.5, 0.6) is 5.75 Å². The molecule has 2 nitrogen and oxygen atoms in total. The summed E-state index contributed by atoms with van der Waals surface area (Å²) in [4.78, 5) is 0. The van der Waals surface area contributed by atoms with Crippen molar-refractivity contribution in [1.82, 2.24) is 5.32 Å². The fourth-order valence-electron chi connectivity index (χ4n) is 2.89. The fraction of sp³-hybridized carbons (Fsp3) is 0.333. The molecule has 0 heterocycles. The molecular formula is C18H20BrNO. The van der Waals surface area contributed by atoms with Crippen LogP contribution >= 0.6 is 15.9 Å². The van der Waals surface area contributed by atoms with E-state index >= 15 is 0 Å². The first kappa shape index (κ1) is 14.6. The highest BCUT2D eigenvalue weighted by Gasteiger charge is 2.21. The van der Waals surface area contributed by atoms with E-state index in [1.54, 1.807) is 0 Å². The Morgan fingerprint density at radius 2 is 2.00 bits per heavy atom. The van der Waals surface area contributed by atoms with Gasteiger partial charge in [-0.1, -0.05) is 41.1 Å². The number of nitrogens with one attached hydrogen (secondary N) is 1. The largest absolute Gasteiger partial charge is 0.489 e. The Morgan fingerprint density at radius 3 is 2.76 bits per heavy atom. The van der Waals surface area contributed by atoms with E-state index in [1.165, 1.54) is 23.1 Å². The minimum atomic E-state index is 0.519. The van der Waals surface area contributed by atoms with Crippen molar-refractivity contribution in [3.63, 3.8) is 0 Å². The summed E-state index contributed by atoms with van der Waals surface area (Å²) < 4.78 is 7.01. The van der Waals surface area contributed by atoms with Crippen molar-refractivity contribution in [2.45, 2.75) is 32.4 Å². The average Bonchev–Trinajstić information content (AvgIpc) is 2.90. The van der Waals surface area contributed by atoms with Crippen LogP contribution in [-0.4, -0.2) is 6.54 Å². The van der Waals surface area contributed by atoms with E-state index < -0.39 is 0 Å². The Labute approximate surface area is 134 Å². The minimum Gasteiger partial charge on any atom is -0.489 e. The standard InChI is InChI=1S/C18H20BrNO/c1-2-20-18-10-5-14-11-16(8-9-17(14)18)21-12-13-3-6-15(19)7-4-13/h3-4,6-9,11,18,20H,2,5,10,12H2,1H3. The summed E-state index contributed by atoms with van der Waals surface area (Å²) in [5.41, 5.74) is 4.05. The first-order valence-corrected chi connectivity index (χ1v) is 8.29. The van der Waals surface area contributed by atoms with Crippen LogP contribution < -0.4 is 10.1 Å². The van der Waals surface area contributed by atoms with Crippen LogP contribution in [0.3, 0.4) is 0 Å². The lowest BCUT2D eigenvalue weighted by Crippen LogP contribution is -2.18. The number of fused-ring (bicyclic) bond motifs is 1. The van der Waals surface area contributed by atoms with Crippen LogP contribution in [0, 0.1) is 0 Å². The van der Waals surface area contributed by atoms with Crippen molar-refractivity contribution in [2.24, 2.45) is 0 Å². The number of rotatable bonds is 5. The van der Waals surface area contributed by atoms with E-state index in [0.717, 1.165) is 23.2 Å². The Balaban J connectivity index is 1.66. The third kappa shape index (κ3) is 3.47. The van der Waals surface area contributed by atoms with E-state index in [4.69, 9.17) is 4.74 Å². The predicted molar refractivity (Wildman–Crippen MR) is 89.7 cm³/mol. The molecule has 0 aromatic heterocycles. The molecule has 21 heavy (non-hydrogen) atoms. The van der Waals surface area contributed by atoms with Crippen LogP contribution in [0.2, 0.25) is 0 Å². The second kappa shape index (κ2) is 6.63. The van der Waals surface area contributed by atoms with E-state index in [-0.39, 0.29) is 0 Å². The maximum atomic E-state index is 5.92. The maximum Gasteiger partial charge on any atom is 0.120 e. The molecule has 0 radical (unpaired) electrons. The molecule has 0 bridgehead atoms. The number of hydrogen-bond acceptors (Lipinski definition) is 2. The van der Waals surface area contributed by atoms with Crippen molar-refractivity contribution in [1.29, 1.82) is 0 Å². The highest BCUT2D eigenvalue weighted by atomic mass is 79.9. The van der Waals surface area contributed by atoms with E-state index in [9.17, 15) is 0 Å². The monoisotopic (exact) mass is 345 g/mol. The highest BCUT2D eigenvalue weighted by Crippen LogP contribution is 2.33. The Hall–Kier alpha value is -1.32. The molecule has 1 aliphatic rings. The van der Waals surface area contributed by atoms with Gasteiger partial charge < -0.3 is 10.1 Å².